The van der Waals surface area contributed by atoms with E-state index in [4.69, 9.17) is 9.47 Å². The predicted molar refractivity (Wildman–Crippen MR) is 83.8 cm³/mol. The monoisotopic (exact) mass is 328 g/mol. The van der Waals surface area contributed by atoms with Crippen LogP contribution in [0.4, 0.5) is 0 Å². The highest BCUT2D eigenvalue weighted by molar-refractivity contribution is 5.77. The zero-order valence-electron chi connectivity index (χ0n) is 14.0. The second kappa shape index (κ2) is 8.61. The lowest BCUT2D eigenvalue weighted by Gasteiger charge is -2.44. The molecule has 0 aromatic heterocycles. The van der Waals surface area contributed by atoms with Gasteiger partial charge in [0.05, 0.1) is 37.9 Å². The molecule has 2 aliphatic rings. The molecule has 2 amide bonds. The number of aliphatic hydroxyl groups is 1. The molecule has 4 atom stereocenters. The third-order valence-electron chi connectivity index (χ3n) is 4.39. The number of rotatable bonds is 4. The average molecular weight is 328 g/mol. The van der Waals surface area contributed by atoms with E-state index in [1.807, 2.05) is 13.8 Å². The molecule has 0 aliphatic carbocycles. The maximum atomic E-state index is 12.2. The fourth-order valence-electron chi connectivity index (χ4n) is 3.31. The minimum atomic E-state index is -0.667. The first-order valence-electron chi connectivity index (χ1n) is 8.52. The van der Waals surface area contributed by atoms with E-state index >= 15 is 0 Å². The van der Waals surface area contributed by atoms with E-state index in [2.05, 4.69) is 5.32 Å². The molecule has 0 aromatic carbocycles. The lowest BCUT2D eigenvalue weighted by atomic mass is 9.94. The Hall–Kier alpha value is -1.18. The average Bonchev–Trinajstić information content (AvgIpc) is 2.51. The van der Waals surface area contributed by atoms with Crippen LogP contribution >= 0.6 is 0 Å². The number of β-amino-alcohol motifs (C(OH)–C–C–N with tert-alkyl or cyclic N) is 1. The van der Waals surface area contributed by atoms with Gasteiger partial charge in [-0.25, -0.2) is 0 Å². The Labute approximate surface area is 137 Å². The largest absolute Gasteiger partial charge is 0.389 e. The number of carbonyl (C=O) groups is 2. The lowest BCUT2D eigenvalue weighted by molar-refractivity contribution is -0.169. The molecule has 0 aromatic rings. The second-order valence-electron chi connectivity index (χ2n) is 6.19. The van der Waals surface area contributed by atoms with Crippen molar-refractivity contribution >= 4 is 11.8 Å². The number of aliphatic hydroxyl groups excluding tert-OH is 1. The number of hydrogen-bond acceptors (Lipinski definition) is 5. The van der Waals surface area contributed by atoms with Gasteiger partial charge in [0.15, 0.2) is 0 Å². The molecule has 7 nitrogen and oxygen atoms in total. The van der Waals surface area contributed by atoms with Crippen LogP contribution in [0, 0.1) is 0 Å². The summed E-state index contributed by atoms with van der Waals surface area (Å²) in [5.41, 5.74) is 0. The topological polar surface area (TPSA) is 88.1 Å². The molecule has 2 saturated heterocycles. The summed E-state index contributed by atoms with van der Waals surface area (Å²) < 4.78 is 11.5. The molecule has 0 spiro atoms. The van der Waals surface area contributed by atoms with Gasteiger partial charge in [-0.2, -0.15) is 0 Å². The highest BCUT2D eigenvalue weighted by Gasteiger charge is 2.39. The Bertz CT molecular complexity index is 417. The van der Waals surface area contributed by atoms with Gasteiger partial charge in [-0.05, 0) is 19.8 Å². The van der Waals surface area contributed by atoms with Crippen molar-refractivity contribution in [2.45, 2.75) is 63.9 Å². The van der Waals surface area contributed by atoms with E-state index in [0.717, 1.165) is 12.8 Å². The van der Waals surface area contributed by atoms with Gasteiger partial charge in [-0.1, -0.05) is 6.92 Å². The summed E-state index contributed by atoms with van der Waals surface area (Å²) in [6.45, 7) is 5.12. The Morgan fingerprint density at radius 2 is 2.04 bits per heavy atom. The van der Waals surface area contributed by atoms with Gasteiger partial charge >= 0.3 is 0 Å². The molecule has 2 fully saturated rings. The zero-order chi connectivity index (χ0) is 16.8. The van der Waals surface area contributed by atoms with Crippen LogP contribution in [0.1, 0.15) is 39.5 Å². The molecule has 7 heteroatoms. The first-order valence-corrected chi connectivity index (χ1v) is 8.52. The minimum absolute atomic E-state index is 0.0142. The first-order chi connectivity index (χ1) is 11.0. The third-order valence-corrected chi connectivity index (χ3v) is 4.39. The summed E-state index contributed by atoms with van der Waals surface area (Å²) in [5.74, 6) is 0.00588. The van der Waals surface area contributed by atoms with Gasteiger partial charge < -0.3 is 24.8 Å². The standard InChI is InChI=1S/C16H28N2O5/c1-3-16(21)18-8-11(19)9-22-10-14-13(18)6-5-12(23-14)7-15(20)17-4-2/h11-14,19H,3-10H2,1-2H3,(H,17,20)/t11-,12+,13+,14-/m1/s1. The Morgan fingerprint density at radius 3 is 2.74 bits per heavy atom. The smallest absolute Gasteiger partial charge is 0.222 e. The molecular weight excluding hydrogens is 300 g/mol. The number of nitrogens with one attached hydrogen (secondary N) is 1. The molecule has 0 bridgehead atoms. The summed E-state index contributed by atoms with van der Waals surface area (Å²) in [7, 11) is 0. The van der Waals surface area contributed by atoms with Gasteiger partial charge in [0.2, 0.25) is 11.8 Å². The summed E-state index contributed by atoms with van der Waals surface area (Å²) >= 11 is 0. The second-order valence-corrected chi connectivity index (χ2v) is 6.19. The SMILES string of the molecule is CCNC(=O)C[C@@H]1CC[C@H]2[C@@H](COC[C@H](O)CN2C(=O)CC)O1. The van der Waals surface area contributed by atoms with Gasteiger partial charge in [0.1, 0.15) is 6.10 Å². The van der Waals surface area contributed by atoms with E-state index in [-0.39, 0.29) is 43.2 Å². The molecule has 2 heterocycles. The molecule has 2 rings (SSSR count). The molecule has 23 heavy (non-hydrogen) atoms. The van der Waals surface area contributed by atoms with Crippen molar-refractivity contribution in [2.75, 3.05) is 26.3 Å². The van der Waals surface area contributed by atoms with E-state index in [1.54, 1.807) is 4.90 Å². The van der Waals surface area contributed by atoms with Crippen LogP contribution in [-0.4, -0.2) is 72.5 Å². The van der Waals surface area contributed by atoms with E-state index in [0.29, 0.717) is 26.0 Å². The molecule has 132 valence electrons. The summed E-state index contributed by atoms with van der Waals surface area (Å²) in [5, 5.41) is 12.7. The minimum Gasteiger partial charge on any atom is -0.389 e. The van der Waals surface area contributed by atoms with Crippen LogP contribution in [0.3, 0.4) is 0 Å². The van der Waals surface area contributed by atoms with Crippen LogP contribution in [0.5, 0.6) is 0 Å². The zero-order valence-corrected chi connectivity index (χ0v) is 14.0. The number of fused-ring (bicyclic) bond motifs is 1. The summed E-state index contributed by atoms with van der Waals surface area (Å²) in [6.07, 6.45) is 1.17. The number of amides is 2. The number of nitrogens with zero attached hydrogens (tertiary/aromatic N) is 1. The number of hydrogen-bond donors (Lipinski definition) is 2. The van der Waals surface area contributed by atoms with Crippen molar-refractivity contribution in [2.24, 2.45) is 0 Å². The highest BCUT2D eigenvalue weighted by atomic mass is 16.5. The van der Waals surface area contributed by atoms with Crippen molar-refractivity contribution in [1.82, 2.24) is 10.2 Å². The maximum Gasteiger partial charge on any atom is 0.222 e. The quantitative estimate of drug-likeness (QED) is 0.762. The van der Waals surface area contributed by atoms with E-state index in [9.17, 15) is 14.7 Å². The highest BCUT2D eigenvalue weighted by Crippen LogP contribution is 2.28. The van der Waals surface area contributed by atoms with Gasteiger partial charge in [-0.3, -0.25) is 9.59 Å². The van der Waals surface area contributed by atoms with Gasteiger partial charge in [0, 0.05) is 19.5 Å². The van der Waals surface area contributed by atoms with Crippen molar-refractivity contribution in [1.29, 1.82) is 0 Å². The molecule has 0 saturated carbocycles. The molecule has 2 N–H and O–H groups in total. The third kappa shape index (κ3) is 4.89. The van der Waals surface area contributed by atoms with Crippen molar-refractivity contribution in [3.8, 4) is 0 Å². The van der Waals surface area contributed by atoms with Crippen LogP contribution in [-0.2, 0) is 19.1 Å². The first kappa shape index (κ1) is 18.2. The summed E-state index contributed by atoms with van der Waals surface area (Å²) in [4.78, 5) is 25.7. The predicted octanol–water partition coefficient (Wildman–Crippen LogP) is 0.0585. The van der Waals surface area contributed by atoms with Crippen LogP contribution in [0.25, 0.3) is 0 Å². The molecule has 0 unspecified atom stereocenters. The van der Waals surface area contributed by atoms with Gasteiger partial charge in [-0.15, -0.1) is 0 Å². The molecule has 0 radical (unpaired) electrons. The normalized spacial score (nSPS) is 31.7. The number of carbonyl (C=O) groups excluding carboxylic acids is 2. The Kier molecular flexibility index (Phi) is 6.80. The Morgan fingerprint density at radius 1 is 1.26 bits per heavy atom. The lowest BCUT2D eigenvalue weighted by Crippen LogP contribution is -2.57. The maximum absolute atomic E-state index is 12.2. The fourth-order valence-corrected chi connectivity index (χ4v) is 3.31. The van der Waals surface area contributed by atoms with E-state index < -0.39 is 6.10 Å². The van der Waals surface area contributed by atoms with Gasteiger partial charge in [0.25, 0.3) is 0 Å². The van der Waals surface area contributed by atoms with Crippen molar-refractivity contribution in [3.05, 3.63) is 0 Å². The van der Waals surface area contributed by atoms with Crippen LogP contribution in [0.2, 0.25) is 0 Å². The van der Waals surface area contributed by atoms with Crippen molar-refractivity contribution in [3.63, 3.8) is 0 Å². The number of ether oxygens (including phenoxy) is 2. The Balaban J connectivity index is 2.02. The van der Waals surface area contributed by atoms with E-state index in [1.165, 1.54) is 0 Å². The molecular formula is C16H28N2O5. The fraction of sp³-hybridized carbons (Fsp3) is 0.875. The molecule has 2 aliphatic heterocycles. The van der Waals surface area contributed by atoms with Crippen molar-refractivity contribution < 1.29 is 24.2 Å². The van der Waals surface area contributed by atoms with Crippen LogP contribution < -0.4 is 5.32 Å². The van der Waals surface area contributed by atoms with Crippen LogP contribution in [0.15, 0.2) is 0 Å². The summed E-state index contributed by atoms with van der Waals surface area (Å²) in [6, 6.07) is -0.0945.